The summed E-state index contributed by atoms with van der Waals surface area (Å²) in [5, 5.41) is 8.55. The molecule has 1 rings (SSSR count). The molecule has 0 radical (unpaired) electrons. The van der Waals surface area contributed by atoms with Crippen LogP contribution in [0.1, 0.15) is 10.5 Å². The predicted octanol–water partition coefficient (Wildman–Crippen LogP) is 1.60. The Morgan fingerprint density at radius 2 is 2.36 bits per heavy atom. The average molecular weight is 216 g/mol. The van der Waals surface area contributed by atoms with E-state index in [4.69, 9.17) is 5.11 Å². The van der Waals surface area contributed by atoms with Crippen LogP contribution in [0.2, 0.25) is 0 Å². The monoisotopic (exact) mass is 215 g/mol. The number of halogens is 1. The molecule has 0 aliphatic carbocycles. The van der Waals surface area contributed by atoms with E-state index >= 15 is 0 Å². The minimum absolute atomic E-state index is 0.514. The van der Waals surface area contributed by atoms with Crippen molar-refractivity contribution in [1.82, 2.24) is 4.98 Å². The highest BCUT2D eigenvalue weighted by atomic mass is 79.9. The van der Waals surface area contributed by atoms with Crippen molar-refractivity contribution >= 4 is 21.9 Å². The van der Waals surface area contributed by atoms with Gasteiger partial charge in [-0.15, -0.1) is 0 Å². The Morgan fingerprint density at radius 3 is 2.82 bits per heavy atom. The molecule has 3 nitrogen and oxygen atoms in total. The van der Waals surface area contributed by atoms with Crippen LogP contribution < -0.4 is 0 Å². The molecule has 0 saturated heterocycles. The van der Waals surface area contributed by atoms with Gasteiger partial charge in [0.05, 0.1) is 5.69 Å². The lowest BCUT2D eigenvalue weighted by atomic mass is 10.3. The smallest absolute Gasteiger partial charge is 0.323 e. The van der Waals surface area contributed by atoms with E-state index < -0.39 is 10.8 Å². The van der Waals surface area contributed by atoms with E-state index in [1.807, 2.05) is 0 Å². The Kier molecular flexibility index (Phi) is 2.59. The normalized spacial score (nSPS) is 12.5. The van der Waals surface area contributed by atoms with Crippen molar-refractivity contribution in [3.63, 3.8) is 0 Å². The molecule has 1 unspecified atom stereocenters. The number of carboxylic acids is 1. The molecule has 0 aromatic carbocycles. The molecule has 1 N–H and O–H groups in total. The summed E-state index contributed by atoms with van der Waals surface area (Å²) < 4.78 is 0. The maximum Gasteiger partial charge on any atom is 0.323 e. The van der Waals surface area contributed by atoms with Gasteiger partial charge in [0.15, 0.2) is 4.83 Å². The van der Waals surface area contributed by atoms with E-state index in [-0.39, 0.29) is 0 Å². The van der Waals surface area contributed by atoms with Gasteiger partial charge in [-0.3, -0.25) is 9.78 Å². The third-order valence-corrected chi connectivity index (χ3v) is 2.03. The SMILES string of the molecule is O=C(O)C(Br)c1ccccn1. The summed E-state index contributed by atoms with van der Waals surface area (Å²) in [6.45, 7) is 0. The molecular weight excluding hydrogens is 210 g/mol. The van der Waals surface area contributed by atoms with Gasteiger partial charge in [-0.25, -0.2) is 0 Å². The zero-order valence-electron chi connectivity index (χ0n) is 5.57. The summed E-state index contributed by atoms with van der Waals surface area (Å²) in [4.78, 5) is 13.6. The Hall–Kier alpha value is -0.900. The number of aliphatic carboxylic acids is 1. The van der Waals surface area contributed by atoms with Crippen molar-refractivity contribution in [1.29, 1.82) is 0 Å². The second-order valence-electron chi connectivity index (χ2n) is 1.96. The van der Waals surface area contributed by atoms with Gasteiger partial charge in [-0.2, -0.15) is 0 Å². The maximum atomic E-state index is 10.4. The van der Waals surface area contributed by atoms with Gasteiger partial charge in [0.25, 0.3) is 0 Å². The van der Waals surface area contributed by atoms with Crippen LogP contribution in [0.15, 0.2) is 24.4 Å². The Labute approximate surface area is 72.2 Å². The molecule has 1 aromatic rings. The molecule has 1 aromatic heterocycles. The molecule has 0 spiro atoms. The zero-order valence-corrected chi connectivity index (χ0v) is 7.15. The third-order valence-electron chi connectivity index (χ3n) is 1.16. The summed E-state index contributed by atoms with van der Waals surface area (Å²) in [6.07, 6.45) is 1.56. The van der Waals surface area contributed by atoms with Gasteiger partial charge in [0.2, 0.25) is 0 Å². The van der Waals surface area contributed by atoms with Gasteiger partial charge in [0, 0.05) is 6.20 Å². The first-order chi connectivity index (χ1) is 5.22. The second kappa shape index (κ2) is 3.48. The number of aromatic nitrogens is 1. The fraction of sp³-hybridized carbons (Fsp3) is 0.143. The molecule has 4 heteroatoms. The van der Waals surface area contributed by atoms with E-state index in [1.54, 1.807) is 24.4 Å². The highest BCUT2D eigenvalue weighted by molar-refractivity contribution is 9.09. The van der Waals surface area contributed by atoms with Crippen LogP contribution in [-0.2, 0) is 4.79 Å². The third kappa shape index (κ3) is 2.01. The molecule has 0 amide bonds. The number of carbonyl (C=O) groups is 1. The van der Waals surface area contributed by atoms with Crippen molar-refractivity contribution < 1.29 is 9.90 Å². The fourth-order valence-electron chi connectivity index (χ4n) is 0.652. The van der Waals surface area contributed by atoms with E-state index in [9.17, 15) is 4.79 Å². The lowest BCUT2D eigenvalue weighted by Gasteiger charge is -2.01. The van der Waals surface area contributed by atoms with E-state index in [1.165, 1.54) is 0 Å². The van der Waals surface area contributed by atoms with Crippen LogP contribution in [0.5, 0.6) is 0 Å². The number of hydrogen-bond donors (Lipinski definition) is 1. The van der Waals surface area contributed by atoms with E-state index in [0.29, 0.717) is 5.69 Å². The highest BCUT2D eigenvalue weighted by Crippen LogP contribution is 2.19. The minimum atomic E-state index is -0.927. The zero-order chi connectivity index (χ0) is 8.27. The average Bonchev–Trinajstić information content (AvgIpc) is 2.05. The number of nitrogens with zero attached hydrogens (tertiary/aromatic N) is 1. The summed E-state index contributed by atoms with van der Waals surface area (Å²) in [7, 11) is 0. The number of pyridine rings is 1. The Morgan fingerprint density at radius 1 is 1.64 bits per heavy atom. The molecule has 0 aliphatic heterocycles. The second-order valence-corrected chi connectivity index (χ2v) is 2.87. The van der Waals surface area contributed by atoms with Gasteiger partial charge in [0.1, 0.15) is 0 Å². The number of hydrogen-bond acceptors (Lipinski definition) is 2. The van der Waals surface area contributed by atoms with Crippen molar-refractivity contribution in [3.05, 3.63) is 30.1 Å². The van der Waals surface area contributed by atoms with Crippen LogP contribution >= 0.6 is 15.9 Å². The first-order valence-electron chi connectivity index (χ1n) is 2.99. The van der Waals surface area contributed by atoms with Crippen LogP contribution in [-0.4, -0.2) is 16.1 Å². The standard InChI is InChI=1S/C7H6BrNO2/c8-6(7(10)11)5-3-1-2-4-9-5/h1-4,6H,(H,10,11). The van der Waals surface area contributed by atoms with Crippen LogP contribution in [0.3, 0.4) is 0 Å². The summed E-state index contributed by atoms with van der Waals surface area (Å²) in [6, 6.07) is 5.15. The predicted molar refractivity (Wildman–Crippen MR) is 43.5 cm³/mol. The number of alkyl halides is 1. The van der Waals surface area contributed by atoms with E-state index in [2.05, 4.69) is 20.9 Å². The highest BCUT2D eigenvalue weighted by Gasteiger charge is 2.15. The summed E-state index contributed by atoms with van der Waals surface area (Å²) in [5.41, 5.74) is 0.514. The van der Waals surface area contributed by atoms with E-state index in [0.717, 1.165) is 0 Å². The van der Waals surface area contributed by atoms with Crippen molar-refractivity contribution in [2.24, 2.45) is 0 Å². The van der Waals surface area contributed by atoms with Crippen LogP contribution in [0, 0.1) is 0 Å². The van der Waals surface area contributed by atoms with Gasteiger partial charge < -0.3 is 5.11 Å². The molecule has 11 heavy (non-hydrogen) atoms. The Bertz CT molecular complexity index is 250. The molecular formula is C7H6BrNO2. The molecule has 1 atom stereocenters. The van der Waals surface area contributed by atoms with Gasteiger partial charge >= 0.3 is 5.97 Å². The molecule has 1 heterocycles. The lowest BCUT2D eigenvalue weighted by molar-refractivity contribution is -0.136. The molecule has 58 valence electrons. The quantitative estimate of drug-likeness (QED) is 0.763. The molecule has 0 aliphatic rings. The topological polar surface area (TPSA) is 50.2 Å². The molecule has 0 bridgehead atoms. The first kappa shape index (κ1) is 8.20. The summed E-state index contributed by atoms with van der Waals surface area (Å²) in [5.74, 6) is -0.927. The Balaban J connectivity index is 2.85. The van der Waals surface area contributed by atoms with Crippen molar-refractivity contribution in [2.45, 2.75) is 4.83 Å². The maximum absolute atomic E-state index is 10.4. The first-order valence-corrected chi connectivity index (χ1v) is 3.91. The largest absolute Gasteiger partial charge is 0.480 e. The van der Waals surface area contributed by atoms with Gasteiger partial charge in [-0.05, 0) is 12.1 Å². The minimum Gasteiger partial charge on any atom is -0.480 e. The number of rotatable bonds is 2. The fourth-order valence-corrected chi connectivity index (χ4v) is 0.923. The molecule has 0 fully saturated rings. The lowest BCUT2D eigenvalue weighted by Crippen LogP contribution is -2.05. The van der Waals surface area contributed by atoms with Gasteiger partial charge in [-0.1, -0.05) is 22.0 Å². The van der Waals surface area contributed by atoms with Crippen LogP contribution in [0.25, 0.3) is 0 Å². The van der Waals surface area contributed by atoms with Crippen LogP contribution in [0.4, 0.5) is 0 Å². The van der Waals surface area contributed by atoms with Crippen molar-refractivity contribution in [3.8, 4) is 0 Å². The number of carboxylic acid groups (broad SMARTS) is 1. The summed E-state index contributed by atoms with van der Waals surface area (Å²) >= 11 is 2.99. The van der Waals surface area contributed by atoms with Crippen molar-refractivity contribution in [2.75, 3.05) is 0 Å². The molecule has 0 saturated carbocycles.